The molecule has 174 valence electrons. The average molecular weight is 419 g/mol. The number of hydrogen-bond donors (Lipinski definition) is 2. The summed E-state index contributed by atoms with van der Waals surface area (Å²) in [4.78, 5) is 0. The monoisotopic (exact) mass is 418 g/mol. The lowest BCUT2D eigenvalue weighted by atomic mass is 9.43. The highest BCUT2D eigenvalue weighted by Crippen LogP contribution is 2.68. The Balaban J connectivity index is 1.48. The molecule has 30 heavy (non-hydrogen) atoms. The average Bonchev–Trinajstić information content (AvgIpc) is 3.04. The van der Waals surface area contributed by atoms with E-state index in [4.69, 9.17) is 0 Å². The maximum absolute atomic E-state index is 10.7. The summed E-state index contributed by atoms with van der Waals surface area (Å²) in [5.74, 6) is 5.03. The van der Waals surface area contributed by atoms with Crippen molar-refractivity contribution >= 4 is 0 Å². The van der Waals surface area contributed by atoms with E-state index in [0.717, 1.165) is 61.2 Å². The molecule has 0 aromatic heterocycles. The van der Waals surface area contributed by atoms with E-state index in [-0.39, 0.29) is 0 Å². The van der Waals surface area contributed by atoms with Gasteiger partial charge in [-0.1, -0.05) is 27.7 Å². The predicted molar refractivity (Wildman–Crippen MR) is 125 cm³/mol. The molecule has 0 aromatic carbocycles. The number of rotatable bonds is 5. The molecule has 0 aliphatic heterocycles. The van der Waals surface area contributed by atoms with Crippen LogP contribution in [0.4, 0.5) is 0 Å². The van der Waals surface area contributed by atoms with Gasteiger partial charge in [0.2, 0.25) is 0 Å². The molecule has 4 fully saturated rings. The molecule has 2 nitrogen and oxygen atoms in total. The molecule has 10 atom stereocenters. The quantitative estimate of drug-likeness (QED) is 0.506. The first-order valence-corrected chi connectivity index (χ1v) is 13.4. The molecule has 0 bridgehead atoms. The van der Waals surface area contributed by atoms with E-state index in [1.165, 1.54) is 51.4 Å². The standard InChI is InChI=1S/C28H50O2/c1-7-25(3,29)14-12-19(2)22-10-11-23-21-9-8-20-18-26(4,30)16-17-27(20,5)24(21)13-15-28(22,23)6/h19-24,29-30H,7-18H2,1-6H3/t19-,20+,21+,22-,23+,24+,25-,26+,27+,28-/m1/s1. The molecule has 0 unspecified atom stereocenters. The minimum absolute atomic E-state index is 0.423. The first-order chi connectivity index (χ1) is 13.9. The summed E-state index contributed by atoms with van der Waals surface area (Å²) in [7, 11) is 0. The first kappa shape index (κ1) is 23.1. The Hall–Kier alpha value is -0.0800. The Morgan fingerprint density at radius 1 is 0.933 bits per heavy atom. The Labute approximate surface area is 186 Å². The van der Waals surface area contributed by atoms with Gasteiger partial charge in [0.1, 0.15) is 0 Å². The Morgan fingerprint density at radius 3 is 2.33 bits per heavy atom. The van der Waals surface area contributed by atoms with Crippen LogP contribution in [0.3, 0.4) is 0 Å². The van der Waals surface area contributed by atoms with Gasteiger partial charge < -0.3 is 10.2 Å². The van der Waals surface area contributed by atoms with Crippen LogP contribution in [0.15, 0.2) is 0 Å². The molecule has 0 aromatic rings. The molecule has 4 saturated carbocycles. The van der Waals surface area contributed by atoms with E-state index in [2.05, 4.69) is 34.6 Å². The van der Waals surface area contributed by atoms with Gasteiger partial charge in [-0.3, -0.25) is 0 Å². The lowest BCUT2D eigenvalue weighted by Crippen LogP contribution is -2.55. The number of aliphatic hydroxyl groups is 2. The normalized spacial score (nSPS) is 51.4. The van der Waals surface area contributed by atoms with Gasteiger partial charge in [0.25, 0.3) is 0 Å². The Kier molecular flexibility index (Phi) is 5.97. The third-order valence-electron chi connectivity index (χ3n) is 11.6. The fourth-order valence-electron chi connectivity index (χ4n) is 9.32. The molecule has 2 N–H and O–H groups in total. The molecule has 0 radical (unpaired) electrons. The summed E-state index contributed by atoms with van der Waals surface area (Å²) in [6.07, 6.45) is 14.7. The molecule has 0 saturated heterocycles. The molecule has 4 aliphatic rings. The van der Waals surface area contributed by atoms with Gasteiger partial charge in [-0.25, -0.2) is 0 Å². The Bertz CT molecular complexity index is 624. The summed E-state index contributed by atoms with van der Waals surface area (Å²) in [5, 5.41) is 21.2. The molecule has 2 heteroatoms. The summed E-state index contributed by atoms with van der Waals surface area (Å²) in [5.41, 5.74) is 0.0752. The lowest BCUT2D eigenvalue weighted by Gasteiger charge is -2.62. The largest absolute Gasteiger partial charge is 0.390 e. The van der Waals surface area contributed by atoms with Crippen LogP contribution in [0.2, 0.25) is 0 Å². The summed E-state index contributed by atoms with van der Waals surface area (Å²) in [6.45, 7) is 14.0. The van der Waals surface area contributed by atoms with Gasteiger partial charge in [0.05, 0.1) is 11.2 Å². The second-order valence-corrected chi connectivity index (χ2v) is 13.5. The summed E-state index contributed by atoms with van der Waals surface area (Å²) in [6, 6.07) is 0. The van der Waals surface area contributed by atoms with E-state index in [1.807, 2.05) is 6.92 Å². The summed E-state index contributed by atoms with van der Waals surface area (Å²) >= 11 is 0. The van der Waals surface area contributed by atoms with Crippen LogP contribution in [0.25, 0.3) is 0 Å². The maximum atomic E-state index is 10.7. The van der Waals surface area contributed by atoms with E-state index < -0.39 is 11.2 Å². The van der Waals surface area contributed by atoms with Crippen LogP contribution in [0.1, 0.15) is 119 Å². The van der Waals surface area contributed by atoms with Crippen LogP contribution in [-0.4, -0.2) is 21.4 Å². The SMILES string of the molecule is CC[C@@](C)(O)CC[C@@H](C)[C@H]1CC[C@H]2[C@@H]3CC[C@H]4C[C@@](C)(O)CC[C@]4(C)[C@H]3CC[C@]12C. The van der Waals surface area contributed by atoms with Crippen molar-refractivity contribution in [3.63, 3.8) is 0 Å². The van der Waals surface area contributed by atoms with E-state index in [9.17, 15) is 10.2 Å². The number of hydrogen-bond acceptors (Lipinski definition) is 2. The minimum Gasteiger partial charge on any atom is -0.390 e. The van der Waals surface area contributed by atoms with E-state index in [0.29, 0.717) is 10.8 Å². The molecule has 0 heterocycles. The predicted octanol–water partition coefficient (Wildman–Crippen LogP) is 6.97. The zero-order chi connectivity index (χ0) is 21.9. The van der Waals surface area contributed by atoms with Gasteiger partial charge in [-0.15, -0.1) is 0 Å². The van der Waals surface area contributed by atoms with Crippen molar-refractivity contribution < 1.29 is 10.2 Å². The van der Waals surface area contributed by atoms with Gasteiger partial charge in [-0.2, -0.15) is 0 Å². The van der Waals surface area contributed by atoms with E-state index in [1.54, 1.807) is 0 Å². The van der Waals surface area contributed by atoms with E-state index >= 15 is 0 Å². The minimum atomic E-state index is -0.486. The van der Waals surface area contributed by atoms with Crippen molar-refractivity contribution in [1.82, 2.24) is 0 Å². The smallest absolute Gasteiger partial charge is 0.0622 e. The third-order valence-corrected chi connectivity index (χ3v) is 11.6. The second kappa shape index (κ2) is 7.75. The zero-order valence-corrected chi connectivity index (χ0v) is 20.8. The van der Waals surface area contributed by atoms with Crippen LogP contribution < -0.4 is 0 Å². The fraction of sp³-hybridized carbons (Fsp3) is 1.00. The maximum Gasteiger partial charge on any atom is 0.0622 e. The molecule has 4 rings (SSSR count). The Morgan fingerprint density at radius 2 is 1.63 bits per heavy atom. The topological polar surface area (TPSA) is 40.5 Å². The van der Waals surface area contributed by atoms with Gasteiger partial charge in [0.15, 0.2) is 0 Å². The molecule has 0 amide bonds. The molecular formula is C28H50O2. The van der Waals surface area contributed by atoms with Gasteiger partial charge >= 0.3 is 0 Å². The highest BCUT2D eigenvalue weighted by Gasteiger charge is 2.61. The molecular weight excluding hydrogens is 368 g/mol. The van der Waals surface area contributed by atoms with Crippen LogP contribution in [0, 0.1) is 46.3 Å². The van der Waals surface area contributed by atoms with Crippen molar-refractivity contribution in [3.8, 4) is 0 Å². The van der Waals surface area contributed by atoms with Crippen molar-refractivity contribution in [3.05, 3.63) is 0 Å². The van der Waals surface area contributed by atoms with Crippen LogP contribution >= 0.6 is 0 Å². The number of fused-ring (bicyclic) bond motifs is 5. The highest BCUT2D eigenvalue weighted by atomic mass is 16.3. The van der Waals surface area contributed by atoms with Crippen molar-refractivity contribution in [1.29, 1.82) is 0 Å². The second-order valence-electron chi connectivity index (χ2n) is 13.5. The van der Waals surface area contributed by atoms with Crippen molar-refractivity contribution in [2.24, 2.45) is 46.3 Å². The summed E-state index contributed by atoms with van der Waals surface area (Å²) < 4.78 is 0. The van der Waals surface area contributed by atoms with Crippen LogP contribution in [0.5, 0.6) is 0 Å². The van der Waals surface area contributed by atoms with Crippen molar-refractivity contribution in [2.45, 2.75) is 130 Å². The highest BCUT2D eigenvalue weighted by molar-refractivity contribution is 5.10. The van der Waals surface area contributed by atoms with Crippen LogP contribution in [-0.2, 0) is 0 Å². The third kappa shape index (κ3) is 3.81. The molecule has 0 spiro atoms. The molecule has 4 aliphatic carbocycles. The van der Waals surface area contributed by atoms with Crippen molar-refractivity contribution in [2.75, 3.05) is 0 Å². The zero-order valence-electron chi connectivity index (χ0n) is 20.8. The lowest BCUT2D eigenvalue weighted by molar-refractivity contribution is -0.148. The van der Waals surface area contributed by atoms with Gasteiger partial charge in [0, 0.05) is 0 Å². The first-order valence-electron chi connectivity index (χ1n) is 13.4. The fourth-order valence-corrected chi connectivity index (χ4v) is 9.32. The van der Waals surface area contributed by atoms with Gasteiger partial charge in [-0.05, 0) is 137 Å².